The summed E-state index contributed by atoms with van der Waals surface area (Å²) in [4.78, 5) is 2.95. The minimum absolute atomic E-state index is 0.0300. The van der Waals surface area contributed by atoms with Gasteiger partial charge in [-0.05, 0) is 31.2 Å². The molecule has 1 saturated carbocycles. The Labute approximate surface area is 114 Å². The van der Waals surface area contributed by atoms with E-state index in [1.807, 2.05) is 0 Å². The van der Waals surface area contributed by atoms with Crippen molar-refractivity contribution in [3.8, 4) is 0 Å². The Bertz CT molecular complexity index is 510. The van der Waals surface area contributed by atoms with E-state index in [1.54, 1.807) is 0 Å². The molecule has 0 aliphatic heterocycles. The Kier molecular flexibility index (Phi) is 4.65. The van der Waals surface area contributed by atoms with Crippen LogP contribution in [0.15, 0.2) is 17.2 Å². The summed E-state index contributed by atoms with van der Waals surface area (Å²) in [6.07, 6.45) is 6.55. The lowest BCUT2D eigenvalue weighted by Gasteiger charge is -2.15. The molecule has 2 atom stereocenters. The zero-order chi connectivity index (χ0) is 13.9. The van der Waals surface area contributed by atoms with Gasteiger partial charge >= 0.3 is 0 Å². The summed E-state index contributed by atoms with van der Waals surface area (Å²) in [5, 5.41) is 8.96. The number of aromatic amines is 1. The standard InChI is InChI=1S/C13H22N2O3S/c1-10-3-2-4-11(6-5-10)15-19(17,18)13-7-12(9-16)14-8-13/h7-8,10-11,14-16H,2-6,9H2,1H3. The average molecular weight is 286 g/mol. The molecule has 0 aromatic carbocycles. The first-order valence-corrected chi connectivity index (χ1v) is 8.30. The van der Waals surface area contributed by atoms with Gasteiger partial charge in [-0.25, -0.2) is 13.1 Å². The molecule has 1 heterocycles. The second-order valence-electron chi connectivity index (χ2n) is 5.45. The van der Waals surface area contributed by atoms with Gasteiger partial charge in [0.15, 0.2) is 0 Å². The molecule has 0 saturated heterocycles. The van der Waals surface area contributed by atoms with Crippen LogP contribution in [-0.2, 0) is 16.6 Å². The van der Waals surface area contributed by atoms with Crippen LogP contribution in [0.5, 0.6) is 0 Å². The number of hydrogen-bond acceptors (Lipinski definition) is 3. The normalized spacial score (nSPS) is 25.2. The molecular weight excluding hydrogens is 264 g/mol. The highest BCUT2D eigenvalue weighted by molar-refractivity contribution is 7.89. The zero-order valence-electron chi connectivity index (χ0n) is 11.2. The largest absolute Gasteiger partial charge is 0.390 e. The van der Waals surface area contributed by atoms with Gasteiger partial charge in [0.1, 0.15) is 0 Å². The van der Waals surface area contributed by atoms with Gasteiger partial charge in [0.2, 0.25) is 10.0 Å². The summed E-state index contributed by atoms with van der Waals surface area (Å²) in [5.74, 6) is 0.683. The summed E-state index contributed by atoms with van der Waals surface area (Å²) in [6.45, 7) is 2.03. The number of nitrogens with one attached hydrogen (secondary N) is 2. The van der Waals surface area contributed by atoms with Crippen LogP contribution in [0.1, 0.15) is 44.7 Å². The molecule has 6 heteroatoms. The second-order valence-corrected chi connectivity index (χ2v) is 7.16. The van der Waals surface area contributed by atoms with E-state index in [0.717, 1.165) is 25.7 Å². The lowest BCUT2D eigenvalue weighted by molar-refractivity contribution is 0.277. The number of H-pyrrole nitrogens is 1. The Hall–Kier alpha value is -0.850. The fourth-order valence-corrected chi connectivity index (χ4v) is 3.88. The molecule has 2 unspecified atom stereocenters. The predicted octanol–water partition coefficient (Wildman–Crippen LogP) is 1.75. The highest BCUT2D eigenvalue weighted by Crippen LogP contribution is 2.24. The van der Waals surface area contributed by atoms with E-state index >= 15 is 0 Å². The Morgan fingerprint density at radius 2 is 2.16 bits per heavy atom. The SMILES string of the molecule is CC1CCCC(NS(=O)(=O)c2c[nH]c(CO)c2)CC1. The van der Waals surface area contributed by atoms with Gasteiger partial charge in [-0.3, -0.25) is 0 Å². The van der Waals surface area contributed by atoms with Crippen molar-refractivity contribution in [3.63, 3.8) is 0 Å². The average Bonchev–Trinajstić information content (AvgIpc) is 2.77. The molecule has 1 fully saturated rings. The number of rotatable bonds is 4. The quantitative estimate of drug-likeness (QED) is 0.738. The summed E-state index contributed by atoms with van der Waals surface area (Å²) < 4.78 is 27.2. The molecule has 1 aliphatic rings. The monoisotopic (exact) mass is 286 g/mol. The Morgan fingerprint density at radius 3 is 2.84 bits per heavy atom. The van der Waals surface area contributed by atoms with E-state index in [0.29, 0.717) is 11.6 Å². The first-order valence-electron chi connectivity index (χ1n) is 6.82. The molecule has 5 nitrogen and oxygen atoms in total. The Morgan fingerprint density at radius 1 is 1.37 bits per heavy atom. The number of sulfonamides is 1. The number of aliphatic hydroxyl groups excluding tert-OH is 1. The van der Waals surface area contributed by atoms with E-state index in [-0.39, 0.29) is 17.5 Å². The van der Waals surface area contributed by atoms with Crippen molar-refractivity contribution in [3.05, 3.63) is 18.0 Å². The minimum Gasteiger partial charge on any atom is -0.390 e. The van der Waals surface area contributed by atoms with Gasteiger partial charge in [0.05, 0.1) is 11.5 Å². The topological polar surface area (TPSA) is 82.2 Å². The molecule has 0 amide bonds. The van der Waals surface area contributed by atoms with Crippen molar-refractivity contribution in [2.24, 2.45) is 5.92 Å². The van der Waals surface area contributed by atoms with Crippen molar-refractivity contribution in [2.75, 3.05) is 0 Å². The van der Waals surface area contributed by atoms with Crippen molar-refractivity contribution < 1.29 is 13.5 Å². The fraction of sp³-hybridized carbons (Fsp3) is 0.692. The predicted molar refractivity (Wildman–Crippen MR) is 73.1 cm³/mol. The van der Waals surface area contributed by atoms with Crippen LogP contribution in [0, 0.1) is 5.92 Å². The molecule has 19 heavy (non-hydrogen) atoms. The van der Waals surface area contributed by atoms with Crippen LogP contribution in [-0.4, -0.2) is 24.6 Å². The number of hydrogen-bond donors (Lipinski definition) is 3. The first kappa shape index (κ1) is 14.6. The molecule has 2 rings (SSSR count). The molecule has 108 valence electrons. The molecule has 0 spiro atoms. The maximum Gasteiger partial charge on any atom is 0.242 e. The van der Waals surface area contributed by atoms with Gasteiger partial charge in [0, 0.05) is 17.9 Å². The van der Waals surface area contributed by atoms with Crippen LogP contribution >= 0.6 is 0 Å². The summed E-state index contributed by atoms with van der Waals surface area (Å²) in [7, 11) is -3.48. The highest BCUT2D eigenvalue weighted by Gasteiger charge is 2.23. The van der Waals surface area contributed by atoms with E-state index in [4.69, 9.17) is 5.11 Å². The Balaban J connectivity index is 2.04. The van der Waals surface area contributed by atoms with Crippen LogP contribution in [0.4, 0.5) is 0 Å². The molecule has 1 aromatic heterocycles. The third kappa shape index (κ3) is 3.81. The van der Waals surface area contributed by atoms with E-state index < -0.39 is 10.0 Å². The molecule has 1 aliphatic carbocycles. The van der Waals surface area contributed by atoms with Gasteiger partial charge < -0.3 is 10.1 Å². The van der Waals surface area contributed by atoms with Crippen LogP contribution < -0.4 is 4.72 Å². The third-order valence-corrected chi connectivity index (χ3v) is 5.28. The van der Waals surface area contributed by atoms with Crippen molar-refractivity contribution in [1.82, 2.24) is 9.71 Å². The lowest BCUT2D eigenvalue weighted by atomic mass is 10.0. The van der Waals surface area contributed by atoms with Crippen molar-refractivity contribution in [2.45, 2.75) is 56.6 Å². The van der Waals surface area contributed by atoms with E-state index in [2.05, 4.69) is 16.6 Å². The summed E-state index contributed by atoms with van der Waals surface area (Å²) >= 11 is 0. The molecule has 0 radical (unpaired) electrons. The molecule has 3 N–H and O–H groups in total. The van der Waals surface area contributed by atoms with Crippen LogP contribution in [0.25, 0.3) is 0 Å². The van der Waals surface area contributed by atoms with Gasteiger partial charge in [0.25, 0.3) is 0 Å². The third-order valence-electron chi connectivity index (χ3n) is 3.78. The van der Waals surface area contributed by atoms with E-state index in [9.17, 15) is 8.42 Å². The zero-order valence-corrected chi connectivity index (χ0v) is 12.0. The second kappa shape index (κ2) is 6.07. The fourth-order valence-electron chi connectivity index (χ4n) is 2.56. The number of aromatic nitrogens is 1. The van der Waals surface area contributed by atoms with Gasteiger partial charge in [-0.2, -0.15) is 0 Å². The summed E-state index contributed by atoms with van der Waals surface area (Å²) in [6, 6.07) is 1.50. The number of aliphatic hydroxyl groups is 1. The highest BCUT2D eigenvalue weighted by atomic mass is 32.2. The van der Waals surface area contributed by atoms with Crippen LogP contribution in [0.3, 0.4) is 0 Å². The van der Waals surface area contributed by atoms with Gasteiger partial charge in [-0.1, -0.05) is 19.8 Å². The summed E-state index contributed by atoms with van der Waals surface area (Å²) in [5.41, 5.74) is 0.509. The maximum absolute atomic E-state index is 12.2. The maximum atomic E-state index is 12.2. The van der Waals surface area contributed by atoms with Crippen LogP contribution in [0.2, 0.25) is 0 Å². The smallest absolute Gasteiger partial charge is 0.242 e. The van der Waals surface area contributed by atoms with E-state index in [1.165, 1.54) is 18.7 Å². The lowest BCUT2D eigenvalue weighted by Crippen LogP contribution is -2.34. The van der Waals surface area contributed by atoms with Crippen molar-refractivity contribution in [1.29, 1.82) is 0 Å². The van der Waals surface area contributed by atoms with Crippen molar-refractivity contribution >= 4 is 10.0 Å². The molecular formula is C13H22N2O3S. The minimum atomic E-state index is -3.48. The first-order chi connectivity index (χ1) is 9.01. The molecule has 0 bridgehead atoms. The molecule has 1 aromatic rings. The van der Waals surface area contributed by atoms with Gasteiger partial charge in [-0.15, -0.1) is 0 Å².